The Kier molecular flexibility index (Phi) is 5.38. The van der Waals surface area contributed by atoms with Crippen LogP contribution in [0.3, 0.4) is 0 Å². The zero-order valence-corrected chi connectivity index (χ0v) is 11.7. The molecule has 0 spiro atoms. The molecule has 5 heteroatoms. The molecule has 2 rings (SSSR count). The summed E-state index contributed by atoms with van der Waals surface area (Å²) in [5, 5.41) is 9.27. The van der Waals surface area contributed by atoms with Crippen molar-refractivity contribution in [2.24, 2.45) is 0 Å². The molecular formula is C15H21NO4. The molecule has 20 heavy (non-hydrogen) atoms. The number of aliphatic hydroxyl groups excluding tert-OH is 1. The van der Waals surface area contributed by atoms with Crippen molar-refractivity contribution < 1.29 is 19.4 Å². The van der Waals surface area contributed by atoms with Gasteiger partial charge in [-0.15, -0.1) is 0 Å². The summed E-state index contributed by atoms with van der Waals surface area (Å²) in [6.45, 7) is 1.47. The number of hydrogen-bond donors (Lipinski definition) is 1. The van der Waals surface area contributed by atoms with Crippen molar-refractivity contribution in [2.75, 3.05) is 33.5 Å². The number of ether oxygens (including phenoxy) is 2. The number of amides is 1. The lowest BCUT2D eigenvalue weighted by Gasteiger charge is -2.34. The van der Waals surface area contributed by atoms with Crippen LogP contribution in [-0.2, 0) is 16.0 Å². The molecule has 110 valence electrons. The first kappa shape index (κ1) is 14.8. The number of hydrogen-bond acceptors (Lipinski definition) is 4. The summed E-state index contributed by atoms with van der Waals surface area (Å²) in [4.78, 5) is 13.9. The van der Waals surface area contributed by atoms with Crippen LogP contribution < -0.4 is 4.74 Å². The van der Waals surface area contributed by atoms with Gasteiger partial charge in [0, 0.05) is 13.0 Å². The summed E-state index contributed by atoms with van der Waals surface area (Å²) in [5.74, 6) is 0.865. The van der Waals surface area contributed by atoms with Crippen LogP contribution in [0.15, 0.2) is 24.3 Å². The van der Waals surface area contributed by atoms with E-state index in [4.69, 9.17) is 9.47 Å². The summed E-state index contributed by atoms with van der Waals surface area (Å²) in [6, 6.07) is 7.52. The van der Waals surface area contributed by atoms with Crippen LogP contribution in [0.1, 0.15) is 12.0 Å². The SMILES string of the molecule is COc1cccc(CCC(=O)N2CCOCC2CO)c1. The van der Waals surface area contributed by atoms with E-state index in [1.165, 1.54) is 0 Å². The molecule has 5 nitrogen and oxygen atoms in total. The van der Waals surface area contributed by atoms with Gasteiger partial charge in [-0.2, -0.15) is 0 Å². The second-order valence-corrected chi connectivity index (χ2v) is 4.85. The number of rotatable bonds is 5. The second kappa shape index (κ2) is 7.26. The topological polar surface area (TPSA) is 59.0 Å². The maximum absolute atomic E-state index is 12.2. The van der Waals surface area contributed by atoms with Gasteiger partial charge in [-0.25, -0.2) is 0 Å². The van der Waals surface area contributed by atoms with Crippen LogP contribution in [0.2, 0.25) is 0 Å². The van der Waals surface area contributed by atoms with E-state index >= 15 is 0 Å². The first-order chi connectivity index (χ1) is 9.74. The molecular weight excluding hydrogens is 258 g/mol. The van der Waals surface area contributed by atoms with E-state index in [0.29, 0.717) is 32.6 Å². The van der Waals surface area contributed by atoms with Crippen LogP contribution in [0.25, 0.3) is 0 Å². The monoisotopic (exact) mass is 279 g/mol. The molecule has 1 unspecified atom stereocenters. The smallest absolute Gasteiger partial charge is 0.223 e. The van der Waals surface area contributed by atoms with Gasteiger partial charge in [0.05, 0.1) is 33.0 Å². The van der Waals surface area contributed by atoms with Gasteiger partial charge in [0.1, 0.15) is 5.75 Å². The Morgan fingerprint density at radius 1 is 1.55 bits per heavy atom. The van der Waals surface area contributed by atoms with Crippen molar-refractivity contribution >= 4 is 5.91 Å². The Balaban J connectivity index is 1.90. The lowest BCUT2D eigenvalue weighted by Crippen LogP contribution is -2.50. The highest BCUT2D eigenvalue weighted by Crippen LogP contribution is 2.15. The van der Waals surface area contributed by atoms with Crippen LogP contribution in [0.4, 0.5) is 0 Å². The largest absolute Gasteiger partial charge is 0.497 e. The van der Waals surface area contributed by atoms with E-state index < -0.39 is 0 Å². The average Bonchev–Trinajstić information content (AvgIpc) is 2.52. The average molecular weight is 279 g/mol. The molecule has 1 aromatic carbocycles. The number of aryl methyl sites for hydroxylation is 1. The van der Waals surface area contributed by atoms with Crippen LogP contribution in [0, 0.1) is 0 Å². The van der Waals surface area contributed by atoms with E-state index in [1.807, 2.05) is 24.3 Å². The van der Waals surface area contributed by atoms with Gasteiger partial charge in [0.2, 0.25) is 5.91 Å². The van der Waals surface area contributed by atoms with Gasteiger partial charge in [-0.3, -0.25) is 4.79 Å². The summed E-state index contributed by atoms with van der Waals surface area (Å²) in [5.41, 5.74) is 1.08. The minimum absolute atomic E-state index is 0.0507. The molecule has 0 saturated carbocycles. The molecule has 0 aromatic heterocycles. The number of aliphatic hydroxyl groups is 1. The highest BCUT2D eigenvalue weighted by atomic mass is 16.5. The molecule has 1 saturated heterocycles. The van der Waals surface area contributed by atoms with Gasteiger partial charge in [0.25, 0.3) is 0 Å². The zero-order chi connectivity index (χ0) is 14.4. The molecule has 1 amide bonds. The first-order valence-electron chi connectivity index (χ1n) is 6.85. The van der Waals surface area contributed by atoms with Crippen LogP contribution >= 0.6 is 0 Å². The van der Waals surface area contributed by atoms with Crippen molar-refractivity contribution in [1.29, 1.82) is 0 Å². The van der Waals surface area contributed by atoms with E-state index in [1.54, 1.807) is 12.0 Å². The third kappa shape index (κ3) is 3.71. The predicted octanol–water partition coefficient (Wildman–Crippen LogP) is 0.847. The Hall–Kier alpha value is -1.59. The lowest BCUT2D eigenvalue weighted by atomic mass is 10.1. The number of nitrogens with zero attached hydrogens (tertiary/aromatic N) is 1. The Morgan fingerprint density at radius 2 is 2.40 bits per heavy atom. The molecule has 1 N–H and O–H groups in total. The third-order valence-electron chi connectivity index (χ3n) is 3.52. The minimum atomic E-state index is -0.207. The molecule has 0 bridgehead atoms. The van der Waals surface area contributed by atoms with Gasteiger partial charge in [-0.1, -0.05) is 12.1 Å². The summed E-state index contributed by atoms with van der Waals surface area (Å²) >= 11 is 0. The van der Waals surface area contributed by atoms with Gasteiger partial charge >= 0.3 is 0 Å². The number of benzene rings is 1. The van der Waals surface area contributed by atoms with Crippen molar-refractivity contribution in [3.05, 3.63) is 29.8 Å². The van der Waals surface area contributed by atoms with Crippen LogP contribution in [-0.4, -0.2) is 55.4 Å². The van der Waals surface area contributed by atoms with Gasteiger partial charge in [0.15, 0.2) is 0 Å². The summed E-state index contributed by atoms with van der Waals surface area (Å²) in [7, 11) is 1.63. The van der Waals surface area contributed by atoms with Crippen LogP contribution in [0.5, 0.6) is 5.75 Å². The molecule has 1 aromatic rings. The van der Waals surface area contributed by atoms with Crippen molar-refractivity contribution in [1.82, 2.24) is 4.90 Å². The molecule has 1 fully saturated rings. The zero-order valence-electron chi connectivity index (χ0n) is 11.7. The van der Waals surface area contributed by atoms with E-state index in [9.17, 15) is 9.90 Å². The van der Waals surface area contributed by atoms with Gasteiger partial charge < -0.3 is 19.5 Å². The van der Waals surface area contributed by atoms with E-state index in [0.717, 1.165) is 11.3 Å². The summed E-state index contributed by atoms with van der Waals surface area (Å²) in [6.07, 6.45) is 1.11. The summed E-state index contributed by atoms with van der Waals surface area (Å²) < 4.78 is 10.4. The fourth-order valence-corrected chi connectivity index (χ4v) is 2.36. The maximum atomic E-state index is 12.2. The standard InChI is InChI=1S/C15H21NO4/c1-19-14-4-2-3-12(9-14)5-6-15(18)16-7-8-20-11-13(16)10-17/h2-4,9,13,17H,5-8,10-11H2,1H3. The Labute approximate surface area is 119 Å². The quantitative estimate of drug-likeness (QED) is 0.868. The fraction of sp³-hybridized carbons (Fsp3) is 0.533. The number of carbonyl (C=O) groups excluding carboxylic acids is 1. The first-order valence-corrected chi connectivity index (χ1v) is 6.85. The molecule has 1 atom stereocenters. The third-order valence-corrected chi connectivity index (χ3v) is 3.52. The van der Waals surface area contributed by atoms with Crippen molar-refractivity contribution in [3.8, 4) is 5.75 Å². The predicted molar refractivity (Wildman–Crippen MR) is 74.7 cm³/mol. The Bertz CT molecular complexity index is 449. The fourth-order valence-electron chi connectivity index (χ4n) is 2.36. The molecule has 1 heterocycles. The number of morpholine rings is 1. The van der Waals surface area contributed by atoms with Crippen molar-refractivity contribution in [3.63, 3.8) is 0 Å². The maximum Gasteiger partial charge on any atom is 0.223 e. The number of methoxy groups -OCH3 is 1. The highest BCUT2D eigenvalue weighted by Gasteiger charge is 2.26. The molecule has 0 radical (unpaired) electrons. The van der Waals surface area contributed by atoms with Gasteiger partial charge in [-0.05, 0) is 24.1 Å². The molecule has 0 aliphatic carbocycles. The molecule has 1 aliphatic rings. The van der Waals surface area contributed by atoms with E-state index in [2.05, 4.69) is 0 Å². The van der Waals surface area contributed by atoms with E-state index in [-0.39, 0.29) is 18.6 Å². The lowest BCUT2D eigenvalue weighted by molar-refractivity contribution is -0.141. The minimum Gasteiger partial charge on any atom is -0.497 e. The highest BCUT2D eigenvalue weighted by molar-refractivity contribution is 5.77. The number of carbonyl (C=O) groups is 1. The van der Waals surface area contributed by atoms with Crippen molar-refractivity contribution in [2.45, 2.75) is 18.9 Å². The second-order valence-electron chi connectivity index (χ2n) is 4.85. The molecule has 1 aliphatic heterocycles. The normalized spacial score (nSPS) is 18.9. The Morgan fingerprint density at radius 3 is 3.15 bits per heavy atom.